The van der Waals surface area contributed by atoms with E-state index in [1.54, 1.807) is 6.07 Å². The Labute approximate surface area is 120 Å². The first-order chi connectivity index (χ1) is 9.87. The first kappa shape index (κ1) is 14.8. The maximum atomic E-state index is 13.1. The minimum absolute atomic E-state index is 0.198. The van der Waals surface area contributed by atoms with Crippen LogP contribution in [0.5, 0.6) is 0 Å². The van der Waals surface area contributed by atoms with Gasteiger partial charge in [-0.25, -0.2) is 17.6 Å². The highest BCUT2D eigenvalue weighted by molar-refractivity contribution is 7.92. The fraction of sp³-hybridized carbons (Fsp3) is 0. The van der Waals surface area contributed by atoms with Crippen molar-refractivity contribution in [3.63, 3.8) is 0 Å². The third kappa shape index (κ3) is 3.93. The Balaban J connectivity index is 2.26. The molecule has 0 bridgehead atoms. The molecule has 0 atom stereocenters. The summed E-state index contributed by atoms with van der Waals surface area (Å²) in [6, 6.07) is 9.83. The molecule has 0 aromatic heterocycles. The second kappa shape index (κ2) is 5.80. The number of nitrogens with one attached hydrogen (secondary N) is 2. The molecule has 0 spiro atoms. The normalized spacial score (nSPS) is 10.9. The zero-order valence-electron chi connectivity index (χ0n) is 10.7. The molecule has 0 unspecified atom stereocenters. The summed E-state index contributed by atoms with van der Waals surface area (Å²) in [6.07, 6.45) is 0. The quantitative estimate of drug-likeness (QED) is 0.806. The van der Waals surface area contributed by atoms with E-state index in [4.69, 9.17) is 5.73 Å². The summed E-state index contributed by atoms with van der Waals surface area (Å²) >= 11 is 0. The minimum Gasteiger partial charge on any atom is -0.351 e. The second-order valence-electron chi connectivity index (χ2n) is 4.13. The average Bonchev–Trinajstić information content (AvgIpc) is 2.37. The first-order valence-electron chi connectivity index (χ1n) is 5.82. The molecule has 110 valence electrons. The summed E-state index contributed by atoms with van der Waals surface area (Å²) < 4.78 is 39.6. The van der Waals surface area contributed by atoms with Crippen LogP contribution in [0.2, 0.25) is 0 Å². The van der Waals surface area contributed by atoms with Crippen LogP contribution in [0.4, 0.5) is 20.6 Å². The molecule has 0 aliphatic carbocycles. The Kier molecular flexibility index (Phi) is 4.08. The highest BCUT2D eigenvalue weighted by atomic mass is 32.2. The van der Waals surface area contributed by atoms with Gasteiger partial charge in [-0.3, -0.25) is 4.72 Å². The summed E-state index contributed by atoms with van der Waals surface area (Å²) in [4.78, 5) is 10.6. The SMILES string of the molecule is NC(=O)Nc1cccc(NS(=O)(=O)c2cccc(F)c2)c1. The van der Waals surface area contributed by atoms with E-state index in [1.807, 2.05) is 0 Å². The predicted octanol–water partition coefficient (Wildman–Crippen LogP) is 2.12. The third-order valence-corrected chi connectivity index (χ3v) is 3.87. The van der Waals surface area contributed by atoms with Crippen molar-refractivity contribution in [2.24, 2.45) is 5.73 Å². The number of primary amides is 1. The van der Waals surface area contributed by atoms with Gasteiger partial charge in [0.2, 0.25) is 0 Å². The maximum absolute atomic E-state index is 13.1. The topological polar surface area (TPSA) is 101 Å². The van der Waals surface area contributed by atoms with Gasteiger partial charge in [0.1, 0.15) is 5.82 Å². The number of sulfonamides is 1. The smallest absolute Gasteiger partial charge is 0.316 e. The van der Waals surface area contributed by atoms with Gasteiger partial charge in [0.25, 0.3) is 10.0 Å². The van der Waals surface area contributed by atoms with Crippen LogP contribution >= 0.6 is 0 Å². The Hall–Kier alpha value is -2.61. The van der Waals surface area contributed by atoms with E-state index >= 15 is 0 Å². The van der Waals surface area contributed by atoms with Crippen LogP contribution in [0, 0.1) is 5.82 Å². The number of amides is 2. The minimum atomic E-state index is -3.92. The van der Waals surface area contributed by atoms with Crippen molar-refractivity contribution in [1.29, 1.82) is 0 Å². The maximum Gasteiger partial charge on any atom is 0.316 e. The van der Waals surface area contributed by atoms with Crippen LogP contribution < -0.4 is 15.8 Å². The fourth-order valence-corrected chi connectivity index (χ4v) is 2.73. The molecule has 0 saturated carbocycles. The summed E-state index contributed by atoms with van der Waals surface area (Å²) in [5, 5.41) is 2.32. The number of benzene rings is 2. The number of anilines is 2. The van der Waals surface area contributed by atoms with Crippen molar-refractivity contribution in [3.8, 4) is 0 Å². The van der Waals surface area contributed by atoms with Crippen LogP contribution in [0.25, 0.3) is 0 Å². The molecule has 0 aliphatic heterocycles. The molecule has 0 fully saturated rings. The van der Waals surface area contributed by atoms with E-state index in [9.17, 15) is 17.6 Å². The molecule has 8 heteroatoms. The third-order valence-electron chi connectivity index (χ3n) is 2.49. The number of urea groups is 1. The summed E-state index contributed by atoms with van der Waals surface area (Å²) in [5.41, 5.74) is 5.53. The lowest BCUT2D eigenvalue weighted by atomic mass is 10.3. The van der Waals surface area contributed by atoms with Gasteiger partial charge in [-0.05, 0) is 36.4 Å². The lowest BCUT2D eigenvalue weighted by Crippen LogP contribution is -2.19. The Morgan fingerprint density at radius 1 is 1.05 bits per heavy atom. The van der Waals surface area contributed by atoms with Crippen molar-refractivity contribution in [2.45, 2.75) is 4.90 Å². The zero-order valence-corrected chi connectivity index (χ0v) is 11.5. The predicted molar refractivity (Wildman–Crippen MR) is 76.9 cm³/mol. The Morgan fingerprint density at radius 2 is 1.71 bits per heavy atom. The van der Waals surface area contributed by atoms with E-state index in [0.29, 0.717) is 5.69 Å². The van der Waals surface area contributed by atoms with Gasteiger partial charge in [0, 0.05) is 5.69 Å². The summed E-state index contributed by atoms with van der Waals surface area (Å²) in [6.45, 7) is 0. The molecular formula is C13H12FN3O3S. The van der Waals surface area contributed by atoms with Crippen molar-refractivity contribution < 1.29 is 17.6 Å². The molecule has 4 N–H and O–H groups in total. The molecule has 2 aromatic carbocycles. The largest absolute Gasteiger partial charge is 0.351 e. The molecule has 6 nitrogen and oxygen atoms in total. The molecule has 2 rings (SSSR count). The molecule has 2 amide bonds. The van der Waals surface area contributed by atoms with Gasteiger partial charge in [-0.1, -0.05) is 12.1 Å². The van der Waals surface area contributed by atoms with Crippen LogP contribution in [-0.2, 0) is 10.0 Å². The second-order valence-corrected chi connectivity index (χ2v) is 5.82. The van der Waals surface area contributed by atoms with Crippen molar-refractivity contribution >= 4 is 27.4 Å². The number of hydrogen-bond acceptors (Lipinski definition) is 3. The van der Waals surface area contributed by atoms with E-state index in [0.717, 1.165) is 12.1 Å². The van der Waals surface area contributed by atoms with Gasteiger partial charge < -0.3 is 11.1 Å². The summed E-state index contributed by atoms with van der Waals surface area (Å²) in [5.74, 6) is -0.651. The summed E-state index contributed by atoms with van der Waals surface area (Å²) in [7, 11) is -3.92. The van der Waals surface area contributed by atoms with E-state index in [1.165, 1.54) is 30.3 Å². The lowest BCUT2D eigenvalue weighted by Gasteiger charge is -2.09. The number of nitrogens with two attached hydrogens (primary N) is 1. The highest BCUT2D eigenvalue weighted by Crippen LogP contribution is 2.19. The monoisotopic (exact) mass is 309 g/mol. The van der Waals surface area contributed by atoms with Crippen LogP contribution in [-0.4, -0.2) is 14.4 Å². The van der Waals surface area contributed by atoms with Gasteiger partial charge in [-0.2, -0.15) is 0 Å². The zero-order chi connectivity index (χ0) is 15.5. The lowest BCUT2D eigenvalue weighted by molar-refractivity contribution is 0.259. The van der Waals surface area contributed by atoms with Crippen LogP contribution in [0.15, 0.2) is 53.4 Å². The molecule has 0 aliphatic rings. The van der Waals surface area contributed by atoms with Gasteiger partial charge >= 0.3 is 6.03 Å². The molecule has 2 aromatic rings. The number of rotatable bonds is 4. The molecule has 0 saturated heterocycles. The fourth-order valence-electron chi connectivity index (χ4n) is 1.65. The van der Waals surface area contributed by atoms with Gasteiger partial charge in [0.15, 0.2) is 0 Å². The number of carbonyl (C=O) groups excluding carboxylic acids is 1. The highest BCUT2D eigenvalue weighted by Gasteiger charge is 2.15. The standard InChI is InChI=1S/C13H12FN3O3S/c14-9-3-1-6-12(7-9)21(19,20)17-11-5-2-4-10(8-11)16-13(15)18/h1-8,17H,(H3,15,16,18). The van der Waals surface area contributed by atoms with Crippen LogP contribution in [0.1, 0.15) is 0 Å². The van der Waals surface area contributed by atoms with Gasteiger partial charge in [0.05, 0.1) is 10.6 Å². The molecule has 21 heavy (non-hydrogen) atoms. The van der Waals surface area contributed by atoms with Crippen molar-refractivity contribution in [3.05, 3.63) is 54.3 Å². The number of hydrogen-bond donors (Lipinski definition) is 3. The molecular weight excluding hydrogens is 297 g/mol. The Bertz CT molecular complexity index is 778. The van der Waals surface area contributed by atoms with E-state index < -0.39 is 21.9 Å². The molecule has 0 heterocycles. The van der Waals surface area contributed by atoms with Crippen LogP contribution in [0.3, 0.4) is 0 Å². The van der Waals surface area contributed by atoms with E-state index in [-0.39, 0.29) is 10.6 Å². The number of carbonyl (C=O) groups is 1. The Morgan fingerprint density at radius 3 is 2.38 bits per heavy atom. The average molecular weight is 309 g/mol. The van der Waals surface area contributed by atoms with Crippen molar-refractivity contribution in [2.75, 3.05) is 10.0 Å². The first-order valence-corrected chi connectivity index (χ1v) is 7.30. The number of halogens is 1. The van der Waals surface area contributed by atoms with E-state index in [2.05, 4.69) is 10.0 Å². The van der Waals surface area contributed by atoms with Crippen molar-refractivity contribution in [1.82, 2.24) is 0 Å². The molecule has 0 radical (unpaired) electrons. The van der Waals surface area contributed by atoms with Gasteiger partial charge in [-0.15, -0.1) is 0 Å².